The summed E-state index contributed by atoms with van der Waals surface area (Å²) < 4.78 is 11.1. The molecule has 25 heavy (non-hydrogen) atoms. The third-order valence-corrected chi connectivity index (χ3v) is 4.36. The molecular weight excluding hydrogens is 318 g/mol. The maximum absolute atomic E-state index is 12.8. The number of carbonyl (C=O) groups excluding carboxylic acids is 1. The molecule has 1 heterocycles. The second-order valence-corrected chi connectivity index (χ2v) is 6.85. The van der Waals surface area contributed by atoms with Crippen LogP contribution in [0.15, 0.2) is 24.4 Å². The number of fused-ring (bicyclic) bond motifs is 1. The molecule has 6 heteroatoms. The second-order valence-electron chi connectivity index (χ2n) is 6.85. The Bertz CT molecular complexity index is 739. The molecule has 1 aliphatic rings. The van der Waals surface area contributed by atoms with E-state index in [1.165, 1.54) is 11.3 Å². The van der Waals surface area contributed by atoms with Crippen LogP contribution in [0.4, 0.5) is 0 Å². The molecule has 3 rings (SSSR count). The van der Waals surface area contributed by atoms with Crippen molar-refractivity contribution in [2.45, 2.75) is 39.2 Å². The number of nitrogens with zero attached hydrogens (tertiary/aromatic N) is 1. The van der Waals surface area contributed by atoms with Crippen LogP contribution in [-0.2, 0) is 12.8 Å². The predicted molar refractivity (Wildman–Crippen MR) is 95.2 cm³/mol. The molecule has 0 bridgehead atoms. The van der Waals surface area contributed by atoms with Crippen LogP contribution in [-0.4, -0.2) is 35.9 Å². The summed E-state index contributed by atoms with van der Waals surface area (Å²) in [5.74, 6) is 1.50. The standard InChI is InChI=1S/C19H25N3O3/c1-12(2)11-25-18-9-15(24-3)5-6-16(18)19(23)21-14-4-7-17-13(8-14)10-20-22-17/h5-6,9-10,12,14H,4,7-8,11H2,1-3H3,(H,20,22)(H,21,23)/t14-/m0/s1. The summed E-state index contributed by atoms with van der Waals surface area (Å²) in [5, 5.41) is 10.2. The van der Waals surface area contributed by atoms with Gasteiger partial charge in [0.25, 0.3) is 5.91 Å². The van der Waals surface area contributed by atoms with Crippen LogP contribution in [0.3, 0.4) is 0 Å². The molecule has 0 saturated carbocycles. The number of methoxy groups -OCH3 is 1. The SMILES string of the molecule is COc1ccc(C(=O)N[C@H]2CCc3[nH]ncc3C2)c(OCC(C)C)c1. The Kier molecular flexibility index (Phi) is 5.26. The van der Waals surface area contributed by atoms with Crippen molar-refractivity contribution in [3.05, 3.63) is 41.2 Å². The highest BCUT2D eigenvalue weighted by Crippen LogP contribution is 2.26. The van der Waals surface area contributed by atoms with E-state index in [1.54, 1.807) is 25.3 Å². The zero-order chi connectivity index (χ0) is 17.8. The first-order valence-electron chi connectivity index (χ1n) is 8.69. The lowest BCUT2D eigenvalue weighted by Crippen LogP contribution is -2.38. The van der Waals surface area contributed by atoms with E-state index in [0.717, 1.165) is 19.3 Å². The summed E-state index contributed by atoms with van der Waals surface area (Å²) in [4.78, 5) is 12.8. The summed E-state index contributed by atoms with van der Waals surface area (Å²) in [7, 11) is 1.60. The molecule has 2 N–H and O–H groups in total. The van der Waals surface area contributed by atoms with Crippen LogP contribution in [0.25, 0.3) is 0 Å². The first-order valence-corrected chi connectivity index (χ1v) is 8.69. The average molecular weight is 343 g/mol. The van der Waals surface area contributed by atoms with Crippen molar-refractivity contribution in [1.29, 1.82) is 0 Å². The molecule has 0 aliphatic heterocycles. The van der Waals surface area contributed by atoms with Crippen LogP contribution < -0.4 is 14.8 Å². The van der Waals surface area contributed by atoms with Crippen molar-refractivity contribution < 1.29 is 14.3 Å². The van der Waals surface area contributed by atoms with Gasteiger partial charge in [-0.25, -0.2) is 0 Å². The Morgan fingerprint density at radius 2 is 2.28 bits per heavy atom. The summed E-state index contributed by atoms with van der Waals surface area (Å²) in [6.45, 7) is 4.70. The van der Waals surface area contributed by atoms with Crippen LogP contribution in [0.1, 0.15) is 41.9 Å². The molecule has 6 nitrogen and oxygen atoms in total. The van der Waals surface area contributed by atoms with Gasteiger partial charge in [0.05, 0.1) is 25.5 Å². The Labute approximate surface area is 147 Å². The average Bonchev–Trinajstić information content (AvgIpc) is 3.07. The number of amides is 1. The molecule has 1 atom stereocenters. The smallest absolute Gasteiger partial charge is 0.255 e. The van der Waals surface area contributed by atoms with Crippen molar-refractivity contribution in [1.82, 2.24) is 15.5 Å². The van der Waals surface area contributed by atoms with Gasteiger partial charge < -0.3 is 14.8 Å². The molecule has 0 fully saturated rings. The van der Waals surface area contributed by atoms with E-state index in [1.807, 2.05) is 6.20 Å². The maximum atomic E-state index is 12.8. The number of carbonyl (C=O) groups is 1. The van der Waals surface area contributed by atoms with Gasteiger partial charge in [0, 0.05) is 17.8 Å². The highest BCUT2D eigenvalue weighted by Gasteiger charge is 2.23. The number of H-pyrrole nitrogens is 1. The minimum Gasteiger partial charge on any atom is -0.497 e. The Morgan fingerprint density at radius 1 is 1.44 bits per heavy atom. The van der Waals surface area contributed by atoms with Gasteiger partial charge in [-0.3, -0.25) is 9.89 Å². The van der Waals surface area contributed by atoms with E-state index in [4.69, 9.17) is 9.47 Å². The molecular formula is C19H25N3O3. The summed E-state index contributed by atoms with van der Waals surface area (Å²) in [6.07, 6.45) is 4.45. The first kappa shape index (κ1) is 17.3. The Hall–Kier alpha value is -2.50. The number of rotatable bonds is 6. The minimum absolute atomic E-state index is 0.109. The summed E-state index contributed by atoms with van der Waals surface area (Å²) in [6, 6.07) is 5.42. The van der Waals surface area contributed by atoms with Gasteiger partial charge in [0.1, 0.15) is 11.5 Å². The van der Waals surface area contributed by atoms with Gasteiger partial charge in [-0.2, -0.15) is 5.10 Å². The lowest BCUT2D eigenvalue weighted by atomic mass is 9.93. The number of aromatic amines is 1. The van der Waals surface area contributed by atoms with Gasteiger partial charge >= 0.3 is 0 Å². The third kappa shape index (κ3) is 4.13. The molecule has 1 aliphatic carbocycles. The number of aromatic nitrogens is 2. The molecule has 134 valence electrons. The van der Waals surface area contributed by atoms with E-state index >= 15 is 0 Å². The van der Waals surface area contributed by atoms with Crippen LogP contribution in [0, 0.1) is 5.92 Å². The van der Waals surface area contributed by atoms with E-state index in [2.05, 4.69) is 29.4 Å². The molecule has 1 amide bonds. The molecule has 2 aromatic rings. The monoisotopic (exact) mass is 343 g/mol. The summed E-state index contributed by atoms with van der Waals surface area (Å²) >= 11 is 0. The van der Waals surface area contributed by atoms with Crippen molar-refractivity contribution >= 4 is 5.91 Å². The van der Waals surface area contributed by atoms with Crippen molar-refractivity contribution in [2.75, 3.05) is 13.7 Å². The number of nitrogens with one attached hydrogen (secondary N) is 2. The van der Waals surface area contributed by atoms with Crippen molar-refractivity contribution in [2.24, 2.45) is 5.92 Å². The molecule has 0 radical (unpaired) electrons. The largest absolute Gasteiger partial charge is 0.497 e. The quantitative estimate of drug-likeness (QED) is 0.845. The van der Waals surface area contributed by atoms with E-state index < -0.39 is 0 Å². The second kappa shape index (κ2) is 7.59. The topological polar surface area (TPSA) is 76.2 Å². The predicted octanol–water partition coefficient (Wildman–Crippen LogP) is 2.74. The molecule has 1 aromatic carbocycles. The van der Waals surface area contributed by atoms with Crippen LogP contribution in [0.2, 0.25) is 0 Å². The van der Waals surface area contributed by atoms with E-state index in [-0.39, 0.29) is 11.9 Å². The summed E-state index contributed by atoms with van der Waals surface area (Å²) in [5.41, 5.74) is 2.90. The van der Waals surface area contributed by atoms with Gasteiger partial charge in [-0.15, -0.1) is 0 Å². The highest BCUT2D eigenvalue weighted by atomic mass is 16.5. The zero-order valence-electron chi connectivity index (χ0n) is 15.0. The number of hydrogen-bond donors (Lipinski definition) is 2. The van der Waals surface area contributed by atoms with Crippen molar-refractivity contribution in [3.8, 4) is 11.5 Å². The number of ether oxygens (including phenoxy) is 2. The minimum atomic E-state index is -0.113. The number of benzene rings is 1. The Balaban J connectivity index is 1.72. The van der Waals surface area contributed by atoms with Crippen LogP contribution >= 0.6 is 0 Å². The normalized spacial score (nSPS) is 16.4. The fraction of sp³-hybridized carbons (Fsp3) is 0.474. The highest BCUT2D eigenvalue weighted by molar-refractivity contribution is 5.97. The van der Waals surface area contributed by atoms with Gasteiger partial charge in [-0.1, -0.05) is 13.8 Å². The Morgan fingerprint density at radius 3 is 3.04 bits per heavy atom. The molecule has 0 unspecified atom stereocenters. The maximum Gasteiger partial charge on any atom is 0.255 e. The molecule has 0 spiro atoms. The molecule has 0 saturated heterocycles. The fourth-order valence-electron chi connectivity index (χ4n) is 3.00. The van der Waals surface area contributed by atoms with E-state index in [9.17, 15) is 4.79 Å². The third-order valence-electron chi connectivity index (χ3n) is 4.36. The van der Waals surface area contributed by atoms with Gasteiger partial charge in [0.15, 0.2) is 0 Å². The first-order chi connectivity index (χ1) is 12.1. The lowest BCUT2D eigenvalue weighted by Gasteiger charge is -2.23. The lowest BCUT2D eigenvalue weighted by molar-refractivity contribution is 0.0928. The van der Waals surface area contributed by atoms with Crippen molar-refractivity contribution in [3.63, 3.8) is 0 Å². The number of aryl methyl sites for hydroxylation is 1. The van der Waals surface area contributed by atoms with Gasteiger partial charge in [-0.05, 0) is 42.9 Å². The zero-order valence-corrected chi connectivity index (χ0v) is 15.0. The fourth-order valence-corrected chi connectivity index (χ4v) is 3.00. The molecule has 1 aromatic heterocycles. The van der Waals surface area contributed by atoms with E-state index in [0.29, 0.717) is 29.6 Å². The van der Waals surface area contributed by atoms with Gasteiger partial charge in [0.2, 0.25) is 0 Å². The van der Waals surface area contributed by atoms with Crippen LogP contribution in [0.5, 0.6) is 11.5 Å². The number of hydrogen-bond acceptors (Lipinski definition) is 4.